The number of carbonyl (C=O) groups is 1. The van der Waals surface area contributed by atoms with Crippen molar-refractivity contribution in [3.63, 3.8) is 0 Å². The molecule has 0 bridgehead atoms. The van der Waals surface area contributed by atoms with Gasteiger partial charge >= 0.3 is 0 Å². The number of rotatable bonds is 4. The Morgan fingerprint density at radius 1 is 1.45 bits per heavy atom. The van der Waals surface area contributed by atoms with Crippen LogP contribution in [0.15, 0.2) is 0 Å². The van der Waals surface area contributed by atoms with Crippen molar-refractivity contribution >= 4 is 37.8 Å². The molecule has 0 fully saturated rings. The van der Waals surface area contributed by atoms with Crippen LogP contribution in [0.5, 0.6) is 0 Å². The van der Waals surface area contributed by atoms with E-state index in [0.717, 1.165) is 10.7 Å². The van der Waals surface area contributed by atoms with E-state index in [-0.39, 0.29) is 11.4 Å². The van der Waals surface area contributed by atoms with Crippen molar-refractivity contribution in [2.75, 3.05) is 10.7 Å². The molecule has 2 nitrogen and oxygen atoms in total. The van der Waals surface area contributed by atoms with E-state index in [1.54, 1.807) is 0 Å². The van der Waals surface area contributed by atoms with Crippen LogP contribution in [0, 0.1) is 0 Å². The highest BCUT2D eigenvalue weighted by atomic mass is 79.9. The van der Waals surface area contributed by atoms with Gasteiger partial charge in [-0.15, -0.1) is 0 Å². The smallest absolute Gasteiger partial charge is 0.220 e. The SMILES string of the molecule is CCC(=O)NC(C)(CBr)CBr. The van der Waals surface area contributed by atoms with E-state index in [4.69, 9.17) is 0 Å². The highest BCUT2D eigenvalue weighted by Gasteiger charge is 2.22. The molecule has 0 saturated heterocycles. The Labute approximate surface area is 84.4 Å². The third kappa shape index (κ3) is 4.11. The highest BCUT2D eigenvalue weighted by molar-refractivity contribution is 9.09. The quantitative estimate of drug-likeness (QED) is 0.788. The van der Waals surface area contributed by atoms with Crippen molar-refractivity contribution in [3.05, 3.63) is 0 Å². The molecule has 0 aromatic rings. The van der Waals surface area contributed by atoms with Crippen LogP contribution in [-0.4, -0.2) is 22.1 Å². The molecule has 0 saturated carbocycles. The minimum absolute atomic E-state index is 0.0893. The number of hydrogen-bond acceptors (Lipinski definition) is 1. The van der Waals surface area contributed by atoms with E-state index in [0.29, 0.717) is 6.42 Å². The molecule has 1 N–H and O–H groups in total. The third-order valence-corrected chi connectivity index (χ3v) is 3.83. The summed E-state index contributed by atoms with van der Waals surface area (Å²) in [6.07, 6.45) is 0.537. The number of carbonyl (C=O) groups excluding carboxylic acids is 1. The standard InChI is InChI=1S/C7H13Br2NO/c1-3-6(11)10-7(2,4-8)5-9/h3-5H2,1-2H3,(H,10,11). The van der Waals surface area contributed by atoms with Gasteiger partial charge in [0.05, 0.1) is 5.54 Å². The van der Waals surface area contributed by atoms with Gasteiger partial charge in [0.2, 0.25) is 5.91 Å². The molecule has 11 heavy (non-hydrogen) atoms. The molecule has 1 amide bonds. The maximum atomic E-state index is 11.0. The van der Waals surface area contributed by atoms with E-state index in [9.17, 15) is 4.79 Å². The van der Waals surface area contributed by atoms with Crippen molar-refractivity contribution < 1.29 is 4.79 Å². The summed E-state index contributed by atoms with van der Waals surface area (Å²) in [7, 11) is 0. The maximum Gasteiger partial charge on any atom is 0.220 e. The predicted molar refractivity (Wildman–Crippen MR) is 54.4 cm³/mol. The van der Waals surface area contributed by atoms with Crippen LogP contribution in [0.4, 0.5) is 0 Å². The van der Waals surface area contributed by atoms with Gasteiger partial charge in [-0.3, -0.25) is 4.79 Å². The molecular formula is C7H13Br2NO. The van der Waals surface area contributed by atoms with Crippen LogP contribution in [0.2, 0.25) is 0 Å². The van der Waals surface area contributed by atoms with Gasteiger partial charge in [0.15, 0.2) is 0 Å². The van der Waals surface area contributed by atoms with Crippen molar-refractivity contribution in [3.8, 4) is 0 Å². The van der Waals surface area contributed by atoms with Gasteiger partial charge in [0.25, 0.3) is 0 Å². The second-order valence-electron chi connectivity index (χ2n) is 2.73. The number of alkyl halides is 2. The number of halogens is 2. The summed E-state index contributed by atoms with van der Waals surface area (Å²) in [5.41, 5.74) is -0.160. The molecule has 0 aliphatic carbocycles. The van der Waals surface area contributed by atoms with Gasteiger partial charge in [0, 0.05) is 17.1 Å². The molecule has 0 radical (unpaired) electrons. The summed E-state index contributed by atoms with van der Waals surface area (Å²) in [4.78, 5) is 11.0. The number of hydrogen-bond donors (Lipinski definition) is 1. The third-order valence-electron chi connectivity index (χ3n) is 1.35. The molecule has 0 aliphatic heterocycles. The number of nitrogens with one attached hydrogen (secondary N) is 1. The molecular weight excluding hydrogens is 274 g/mol. The molecule has 0 unspecified atom stereocenters. The Hall–Kier alpha value is 0.430. The van der Waals surface area contributed by atoms with Crippen LogP contribution in [-0.2, 0) is 4.79 Å². The average molecular weight is 287 g/mol. The van der Waals surface area contributed by atoms with Crippen LogP contribution in [0.25, 0.3) is 0 Å². The molecule has 0 heterocycles. The fourth-order valence-electron chi connectivity index (χ4n) is 0.528. The van der Waals surface area contributed by atoms with Gasteiger partial charge in [-0.1, -0.05) is 38.8 Å². The fourth-order valence-corrected chi connectivity index (χ4v) is 1.74. The van der Waals surface area contributed by atoms with Gasteiger partial charge in [-0.25, -0.2) is 0 Å². The van der Waals surface area contributed by atoms with E-state index < -0.39 is 0 Å². The van der Waals surface area contributed by atoms with Crippen LogP contribution < -0.4 is 5.32 Å². The second-order valence-corrected chi connectivity index (χ2v) is 3.85. The lowest BCUT2D eigenvalue weighted by Crippen LogP contribution is -2.48. The lowest BCUT2D eigenvalue weighted by molar-refractivity contribution is -0.122. The first kappa shape index (κ1) is 11.4. The van der Waals surface area contributed by atoms with Crippen LogP contribution in [0.1, 0.15) is 20.3 Å². The van der Waals surface area contributed by atoms with Crippen LogP contribution >= 0.6 is 31.9 Å². The summed E-state index contributed by atoms with van der Waals surface area (Å²) < 4.78 is 0. The van der Waals surface area contributed by atoms with Crippen molar-refractivity contribution in [2.24, 2.45) is 0 Å². The summed E-state index contributed by atoms with van der Waals surface area (Å²) >= 11 is 6.69. The molecule has 0 aliphatic rings. The highest BCUT2D eigenvalue weighted by Crippen LogP contribution is 2.11. The molecule has 0 aromatic heterocycles. The summed E-state index contributed by atoms with van der Waals surface area (Å²) in [5.74, 6) is 0.0893. The first-order chi connectivity index (χ1) is 5.08. The van der Waals surface area contributed by atoms with E-state index in [2.05, 4.69) is 37.2 Å². The van der Waals surface area contributed by atoms with Crippen molar-refractivity contribution in [2.45, 2.75) is 25.8 Å². The first-order valence-corrected chi connectivity index (χ1v) is 5.75. The second kappa shape index (κ2) is 5.14. The zero-order valence-corrected chi connectivity index (χ0v) is 9.96. The van der Waals surface area contributed by atoms with E-state index in [1.807, 2.05) is 13.8 Å². The molecule has 4 heteroatoms. The Morgan fingerprint density at radius 3 is 2.18 bits per heavy atom. The summed E-state index contributed by atoms with van der Waals surface area (Å²) in [6.45, 7) is 3.84. The molecule has 0 aromatic carbocycles. The summed E-state index contributed by atoms with van der Waals surface area (Å²) in [6, 6.07) is 0. The lowest BCUT2D eigenvalue weighted by atomic mass is 10.1. The van der Waals surface area contributed by atoms with E-state index >= 15 is 0 Å². The minimum Gasteiger partial charge on any atom is -0.349 e. The minimum atomic E-state index is -0.160. The molecule has 0 rings (SSSR count). The zero-order chi connectivity index (χ0) is 8.91. The fraction of sp³-hybridized carbons (Fsp3) is 0.857. The maximum absolute atomic E-state index is 11.0. The molecule has 0 spiro atoms. The Morgan fingerprint density at radius 2 is 1.91 bits per heavy atom. The predicted octanol–water partition coefficient (Wildman–Crippen LogP) is 2.06. The molecule has 66 valence electrons. The average Bonchev–Trinajstić information content (AvgIpc) is 2.04. The molecule has 0 atom stereocenters. The van der Waals surface area contributed by atoms with Gasteiger partial charge in [-0.05, 0) is 6.92 Å². The zero-order valence-electron chi connectivity index (χ0n) is 6.79. The normalized spacial score (nSPS) is 11.3. The van der Waals surface area contributed by atoms with Crippen LogP contribution in [0.3, 0.4) is 0 Å². The Kier molecular flexibility index (Phi) is 5.34. The van der Waals surface area contributed by atoms with Gasteiger partial charge in [0.1, 0.15) is 0 Å². The van der Waals surface area contributed by atoms with Crippen molar-refractivity contribution in [1.29, 1.82) is 0 Å². The van der Waals surface area contributed by atoms with Gasteiger partial charge < -0.3 is 5.32 Å². The Balaban J connectivity index is 3.96. The topological polar surface area (TPSA) is 29.1 Å². The first-order valence-electron chi connectivity index (χ1n) is 3.51. The van der Waals surface area contributed by atoms with Crippen molar-refractivity contribution in [1.82, 2.24) is 5.32 Å². The van der Waals surface area contributed by atoms with E-state index in [1.165, 1.54) is 0 Å². The van der Waals surface area contributed by atoms with Gasteiger partial charge in [-0.2, -0.15) is 0 Å². The monoisotopic (exact) mass is 285 g/mol. The largest absolute Gasteiger partial charge is 0.349 e. The number of amides is 1. The summed E-state index contributed by atoms with van der Waals surface area (Å²) in [5, 5.41) is 4.43. The Bertz CT molecular complexity index is 134. The lowest BCUT2D eigenvalue weighted by Gasteiger charge is -2.25.